The summed E-state index contributed by atoms with van der Waals surface area (Å²) in [6.45, 7) is 7.38. The molecule has 2 unspecified atom stereocenters. The van der Waals surface area contributed by atoms with Crippen molar-refractivity contribution in [1.82, 2.24) is 5.32 Å². The van der Waals surface area contributed by atoms with Gasteiger partial charge in [0.15, 0.2) is 6.10 Å². The summed E-state index contributed by atoms with van der Waals surface area (Å²) < 4.78 is 5.59. The van der Waals surface area contributed by atoms with Crippen LogP contribution in [0.3, 0.4) is 0 Å². The second-order valence-electron chi connectivity index (χ2n) is 4.83. The van der Waals surface area contributed by atoms with Crippen molar-refractivity contribution >= 4 is 5.91 Å². The molecule has 0 aliphatic carbocycles. The number of aliphatic hydroxyl groups is 1. The highest BCUT2D eigenvalue weighted by Gasteiger charge is 2.16. The normalized spacial score (nSPS) is 15.4. The van der Waals surface area contributed by atoms with Crippen LogP contribution in [0.5, 0.6) is 5.75 Å². The van der Waals surface area contributed by atoms with Crippen LogP contribution in [0.15, 0.2) is 24.3 Å². The van der Waals surface area contributed by atoms with E-state index in [1.807, 2.05) is 19.9 Å². The molecule has 0 radical (unpaired) electrons. The van der Waals surface area contributed by atoms with Gasteiger partial charge >= 0.3 is 0 Å². The van der Waals surface area contributed by atoms with Crippen molar-refractivity contribution in [3.63, 3.8) is 0 Å². The average molecular weight is 265 g/mol. The molecule has 1 aromatic rings. The predicted octanol–water partition coefficient (Wildman–Crippen LogP) is 2.42. The topological polar surface area (TPSA) is 58.6 Å². The number of aliphatic hydroxyl groups excluding tert-OH is 1. The monoisotopic (exact) mass is 265 g/mol. The molecule has 0 aliphatic rings. The lowest BCUT2D eigenvalue weighted by Gasteiger charge is -2.18. The Balaban J connectivity index is 2.63. The number of carbonyl (C=O) groups excluding carboxylic acids is 1. The van der Waals surface area contributed by atoms with Gasteiger partial charge in [-0.1, -0.05) is 19.1 Å². The molecular weight excluding hydrogens is 242 g/mol. The van der Waals surface area contributed by atoms with Gasteiger partial charge in [0.05, 0.1) is 6.10 Å². The third-order valence-electron chi connectivity index (χ3n) is 3.02. The van der Waals surface area contributed by atoms with Gasteiger partial charge in [-0.2, -0.15) is 0 Å². The van der Waals surface area contributed by atoms with E-state index in [4.69, 9.17) is 4.74 Å². The molecule has 0 saturated carbocycles. The molecule has 1 amide bonds. The Hall–Kier alpha value is -1.55. The Morgan fingerprint density at radius 1 is 1.37 bits per heavy atom. The number of amides is 1. The van der Waals surface area contributed by atoms with Crippen LogP contribution in [-0.2, 0) is 4.79 Å². The third-order valence-corrected chi connectivity index (χ3v) is 3.02. The van der Waals surface area contributed by atoms with Crippen LogP contribution in [-0.4, -0.2) is 23.2 Å². The first kappa shape index (κ1) is 15.5. The molecule has 0 fully saturated rings. The maximum Gasteiger partial charge on any atom is 0.260 e. The molecule has 0 bridgehead atoms. The lowest BCUT2D eigenvalue weighted by molar-refractivity contribution is -0.127. The second-order valence-corrected chi connectivity index (χ2v) is 4.83. The average Bonchev–Trinajstić information content (AvgIpc) is 2.38. The first-order valence-corrected chi connectivity index (χ1v) is 6.69. The lowest BCUT2D eigenvalue weighted by Crippen LogP contribution is -2.40. The van der Waals surface area contributed by atoms with Crippen LogP contribution in [0.4, 0.5) is 0 Å². The minimum absolute atomic E-state index is 0.128. The van der Waals surface area contributed by atoms with Gasteiger partial charge in [-0.15, -0.1) is 0 Å². The number of ether oxygens (including phenoxy) is 1. The first-order valence-electron chi connectivity index (χ1n) is 6.69. The van der Waals surface area contributed by atoms with Crippen molar-refractivity contribution in [1.29, 1.82) is 0 Å². The summed E-state index contributed by atoms with van der Waals surface area (Å²) in [7, 11) is 0. The molecule has 1 rings (SSSR count). The largest absolute Gasteiger partial charge is 0.481 e. The van der Waals surface area contributed by atoms with Crippen molar-refractivity contribution in [3.05, 3.63) is 29.8 Å². The first-order chi connectivity index (χ1) is 8.93. The summed E-state index contributed by atoms with van der Waals surface area (Å²) >= 11 is 0. The zero-order valence-corrected chi connectivity index (χ0v) is 12.0. The number of benzene rings is 1. The summed E-state index contributed by atoms with van der Waals surface area (Å²) in [4.78, 5) is 11.9. The van der Waals surface area contributed by atoms with E-state index in [2.05, 4.69) is 5.32 Å². The summed E-state index contributed by atoms with van der Waals surface area (Å²) in [5.41, 5.74) is 0.770. The quantitative estimate of drug-likeness (QED) is 0.830. The molecule has 1 aromatic carbocycles. The van der Waals surface area contributed by atoms with E-state index in [-0.39, 0.29) is 11.9 Å². The Kier molecular flexibility index (Phi) is 5.83. The van der Waals surface area contributed by atoms with E-state index in [0.717, 1.165) is 12.0 Å². The lowest BCUT2D eigenvalue weighted by atomic mass is 10.1. The second kappa shape index (κ2) is 7.14. The summed E-state index contributed by atoms with van der Waals surface area (Å²) in [6.07, 6.45) is -0.221. The number of carbonyl (C=O) groups is 1. The molecule has 0 heterocycles. The molecule has 3 atom stereocenters. The van der Waals surface area contributed by atoms with Gasteiger partial charge in [-0.25, -0.2) is 0 Å². The smallest absolute Gasteiger partial charge is 0.260 e. The molecular formula is C15H23NO3. The summed E-state index contributed by atoms with van der Waals surface area (Å²) in [5.74, 6) is 0.460. The summed E-state index contributed by atoms with van der Waals surface area (Å²) in [5, 5.41) is 12.4. The highest BCUT2D eigenvalue weighted by atomic mass is 16.5. The molecule has 4 nitrogen and oxygen atoms in total. The molecule has 4 heteroatoms. The number of nitrogens with one attached hydrogen (secondary N) is 1. The minimum Gasteiger partial charge on any atom is -0.481 e. The SMILES string of the molecule is CCC(C)NC(=O)C(C)Oc1cccc([C@@H](C)O)c1. The third kappa shape index (κ3) is 4.91. The fourth-order valence-corrected chi connectivity index (χ4v) is 1.57. The van der Waals surface area contributed by atoms with E-state index in [9.17, 15) is 9.90 Å². The van der Waals surface area contributed by atoms with Gasteiger partial charge in [0.1, 0.15) is 5.75 Å². The number of hydrogen-bond donors (Lipinski definition) is 2. The summed E-state index contributed by atoms with van der Waals surface area (Å²) in [6, 6.07) is 7.29. The van der Waals surface area contributed by atoms with Gasteiger partial charge in [0.2, 0.25) is 0 Å². The highest BCUT2D eigenvalue weighted by Crippen LogP contribution is 2.19. The maximum absolute atomic E-state index is 11.9. The van der Waals surface area contributed by atoms with Crippen LogP contribution in [0.25, 0.3) is 0 Å². The molecule has 106 valence electrons. The van der Waals surface area contributed by atoms with Gasteiger partial charge in [-0.05, 0) is 44.9 Å². The van der Waals surface area contributed by atoms with Crippen LogP contribution < -0.4 is 10.1 Å². The number of rotatable bonds is 6. The van der Waals surface area contributed by atoms with Crippen molar-refractivity contribution in [2.45, 2.75) is 52.4 Å². The van der Waals surface area contributed by atoms with Crippen LogP contribution in [0.2, 0.25) is 0 Å². The van der Waals surface area contributed by atoms with Crippen LogP contribution in [0.1, 0.15) is 45.8 Å². The standard InChI is InChI=1S/C15H23NO3/c1-5-10(2)16-15(18)12(4)19-14-8-6-7-13(9-14)11(3)17/h6-12,17H,5H2,1-4H3,(H,16,18)/t10?,11-,12?/m1/s1. The number of hydrogen-bond acceptors (Lipinski definition) is 3. The fraction of sp³-hybridized carbons (Fsp3) is 0.533. The van der Waals surface area contributed by atoms with Gasteiger partial charge in [-0.3, -0.25) is 4.79 Å². The van der Waals surface area contributed by atoms with E-state index >= 15 is 0 Å². The molecule has 19 heavy (non-hydrogen) atoms. The van der Waals surface area contributed by atoms with Gasteiger partial charge in [0.25, 0.3) is 5.91 Å². The van der Waals surface area contributed by atoms with Crippen LogP contribution >= 0.6 is 0 Å². The fourth-order valence-electron chi connectivity index (χ4n) is 1.57. The molecule has 0 saturated heterocycles. The maximum atomic E-state index is 11.9. The van der Waals surface area contributed by atoms with E-state index in [1.165, 1.54) is 0 Å². The Bertz CT molecular complexity index is 418. The van der Waals surface area contributed by atoms with E-state index in [0.29, 0.717) is 5.75 Å². The van der Waals surface area contributed by atoms with Gasteiger partial charge < -0.3 is 15.2 Å². The van der Waals surface area contributed by atoms with Crippen molar-refractivity contribution < 1.29 is 14.6 Å². The molecule has 0 spiro atoms. The van der Waals surface area contributed by atoms with Gasteiger partial charge in [0, 0.05) is 6.04 Å². The molecule has 0 aliphatic heterocycles. The Morgan fingerprint density at radius 3 is 2.63 bits per heavy atom. The van der Waals surface area contributed by atoms with Crippen molar-refractivity contribution in [3.8, 4) is 5.75 Å². The Morgan fingerprint density at radius 2 is 2.05 bits per heavy atom. The Labute approximate surface area is 114 Å². The van der Waals surface area contributed by atoms with E-state index < -0.39 is 12.2 Å². The van der Waals surface area contributed by atoms with Crippen molar-refractivity contribution in [2.75, 3.05) is 0 Å². The molecule has 0 aromatic heterocycles. The highest BCUT2D eigenvalue weighted by molar-refractivity contribution is 5.80. The zero-order chi connectivity index (χ0) is 14.4. The predicted molar refractivity (Wildman–Crippen MR) is 75.1 cm³/mol. The van der Waals surface area contributed by atoms with Crippen LogP contribution in [0, 0.1) is 0 Å². The zero-order valence-electron chi connectivity index (χ0n) is 12.0. The minimum atomic E-state index is -0.557. The molecule has 2 N–H and O–H groups in total. The van der Waals surface area contributed by atoms with E-state index in [1.54, 1.807) is 32.0 Å². The van der Waals surface area contributed by atoms with Crippen molar-refractivity contribution in [2.24, 2.45) is 0 Å².